The predicted molar refractivity (Wildman–Crippen MR) is 109 cm³/mol. The van der Waals surface area contributed by atoms with Gasteiger partial charge in [-0.25, -0.2) is 9.80 Å². The molecule has 28 heavy (non-hydrogen) atoms. The first-order chi connectivity index (χ1) is 13.7. The first-order valence-corrected chi connectivity index (χ1v) is 9.73. The molecule has 0 fully saturated rings. The summed E-state index contributed by atoms with van der Waals surface area (Å²) in [5.41, 5.74) is 2.88. The third-order valence-electron chi connectivity index (χ3n) is 4.66. The van der Waals surface area contributed by atoms with Gasteiger partial charge < -0.3 is 4.74 Å². The van der Waals surface area contributed by atoms with E-state index in [-0.39, 0.29) is 17.9 Å². The van der Waals surface area contributed by atoms with Crippen LogP contribution in [0.2, 0.25) is 0 Å². The largest absolute Gasteiger partial charge is 0.465 e. The van der Waals surface area contributed by atoms with Crippen LogP contribution >= 0.6 is 11.3 Å². The molecule has 1 aliphatic rings. The van der Waals surface area contributed by atoms with Gasteiger partial charge in [-0.2, -0.15) is 5.10 Å². The molecule has 0 saturated heterocycles. The fourth-order valence-corrected chi connectivity index (χ4v) is 3.94. The van der Waals surface area contributed by atoms with Gasteiger partial charge in [0, 0.05) is 12.0 Å². The Labute approximate surface area is 166 Å². The highest BCUT2D eigenvalue weighted by Crippen LogP contribution is 2.35. The Bertz CT molecular complexity index is 1010. The molecule has 1 unspecified atom stereocenters. The lowest BCUT2D eigenvalue weighted by Gasteiger charge is -2.22. The van der Waals surface area contributed by atoms with E-state index in [2.05, 4.69) is 5.10 Å². The van der Waals surface area contributed by atoms with Gasteiger partial charge in [0.2, 0.25) is 0 Å². The van der Waals surface area contributed by atoms with E-state index >= 15 is 0 Å². The molecule has 4 rings (SSSR count). The molecule has 1 aromatic heterocycles. The highest BCUT2D eigenvalue weighted by molar-refractivity contribution is 7.12. The number of carbonyl (C=O) groups excluding carboxylic acids is 2. The van der Waals surface area contributed by atoms with Gasteiger partial charge in [-0.3, -0.25) is 4.79 Å². The quantitative estimate of drug-likeness (QED) is 0.615. The van der Waals surface area contributed by atoms with Gasteiger partial charge in [0.25, 0.3) is 5.91 Å². The number of hydrogen-bond acceptors (Lipinski definition) is 5. The van der Waals surface area contributed by atoms with Gasteiger partial charge in [-0.15, -0.1) is 11.3 Å². The van der Waals surface area contributed by atoms with Crippen molar-refractivity contribution in [2.24, 2.45) is 5.10 Å². The summed E-state index contributed by atoms with van der Waals surface area (Å²) in [6.45, 7) is 0. The Morgan fingerprint density at radius 2 is 1.75 bits per heavy atom. The van der Waals surface area contributed by atoms with Gasteiger partial charge in [0.15, 0.2) is 0 Å². The zero-order chi connectivity index (χ0) is 19.5. The number of carbonyl (C=O) groups is 2. The number of hydrazone groups is 1. The van der Waals surface area contributed by atoms with E-state index in [0.29, 0.717) is 17.5 Å². The minimum Gasteiger partial charge on any atom is -0.465 e. The molecule has 0 saturated carbocycles. The Hall–Kier alpha value is -3.25. The zero-order valence-corrected chi connectivity index (χ0v) is 16.1. The maximum atomic E-state index is 13.1. The molecule has 0 N–H and O–H groups in total. The summed E-state index contributed by atoms with van der Waals surface area (Å²) in [4.78, 5) is 25.9. The number of nitrogens with zero attached hydrogens (tertiary/aromatic N) is 2. The number of rotatable bonds is 4. The molecule has 140 valence electrons. The number of benzene rings is 2. The zero-order valence-electron chi connectivity index (χ0n) is 15.2. The summed E-state index contributed by atoms with van der Waals surface area (Å²) < 4.78 is 4.76. The standard InChI is InChI=1S/C22H18N2O3S/c1-27-22(26)17-11-9-15(10-12-17)19-14-18(20-8-5-13-28-20)23-24(19)21(25)16-6-3-2-4-7-16/h2-13,19H,14H2,1H3. The lowest BCUT2D eigenvalue weighted by atomic mass is 9.99. The van der Waals surface area contributed by atoms with Crippen LogP contribution in [0.15, 0.2) is 77.2 Å². The number of hydrogen-bond donors (Lipinski definition) is 0. The molecule has 1 amide bonds. The molecule has 0 spiro atoms. The number of thiophene rings is 1. The van der Waals surface area contributed by atoms with Crippen LogP contribution in [-0.2, 0) is 4.74 Å². The topological polar surface area (TPSA) is 59.0 Å². The molecule has 6 heteroatoms. The predicted octanol–water partition coefficient (Wildman–Crippen LogP) is 4.53. The Kier molecular flexibility index (Phi) is 5.04. The summed E-state index contributed by atoms with van der Waals surface area (Å²) in [6, 6.07) is 20.1. The van der Waals surface area contributed by atoms with Crippen LogP contribution in [0.5, 0.6) is 0 Å². The maximum absolute atomic E-state index is 13.1. The third-order valence-corrected chi connectivity index (χ3v) is 5.58. The van der Waals surface area contributed by atoms with E-state index in [0.717, 1.165) is 16.2 Å². The van der Waals surface area contributed by atoms with Gasteiger partial charge >= 0.3 is 5.97 Å². The fraction of sp³-hybridized carbons (Fsp3) is 0.136. The summed E-state index contributed by atoms with van der Waals surface area (Å²) in [5, 5.41) is 8.21. The van der Waals surface area contributed by atoms with Crippen molar-refractivity contribution in [2.75, 3.05) is 7.11 Å². The van der Waals surface area contributed by atoms with E-state index in [1.807, 2.05) is 47.8 Å². The molecule has 0 radical (unpaired) electrons. The van der Waals surface area contributed by atoms with Gasteiger partial charge in [-0.05, 0) is 41.3 Å². The van der Waals surface area contributed by atoms with Crippen molar-refractivity contribution in [1.82, 2.24) is 5.01 Å². The minimum atomic E-state index is -0.384. The first kappa shape index (κ1) is 18.1. The van der Waals surface area contributed by atoms with Crippen LogP contribution in [0, 0.1) is 0 Å². The second-order valence-corrected chi connectivity index (χ2v) is 7.32. The lowest BCUT2D eigenvalue weighted by Crippen LogP contribution is -2.27. The molecular weight excluding hydrogens is 372 g/mol. The highest BCUT2D eigenvalue weighted by Gasteiger charge is 2.34. The monoisotopic (exact) mass is 390 g/mol. The maximum Gasteiger partial charge on any atom is 0.337 e. The van der Waals surface area contributed by atoms with Gasteiger partial charge in [0.05, 0.1) is 29.3 Å². The van der Waals surface area contributed by atoms with Crippen LogP contribution in [0.1, 0.15) is 43.6 Å². The van der Waals surface area contributed by atoms with E-state index in [1.165, 1.54) is 7.11 Å². The first-order valence-electron chi connectivity index (χ1n) is 8.85. The van der Waals surface area contributed by atoms with Gasteiger partial charge in [-0.1, -0.05) is 36.4 Å². The molecular formula is C22H18N2O3S. The summed E-state index contributed by atoms with van der Waals surface area (Å²) in [7, 11) is 1.36. The molecule has 2 heterocycles. The average Bonchev–Trinajstić information content (AvgIpc) is 3.43. The van der Waals surface area contributed by atoms with E-state index < -0.39 is 0 Å². The van der Waals surface area contributed by atoms with Crippen molar-refractivity contribution in [3.8, 4) is 0 Å². The molecule has 2 aromatic carbocycles. The SMILES string of the molecule is COC(=O)c1ccc(C2CC(c3cccs3)=NN2C(=O)c2ccccc2)cc1. The van der Waals surface area contributed by atoms with E-state index in [1.54, 1.807) is 40.6 Å². The van der Waals surface area contributed by atoms with E-state index in [9.17, 15) is 9.59 Å². The average molecular weight is 390 g/mol. The van der Waals surface area contributed by atoms with Crippen molar-refractivity contribution in [3.05, 3.63) is 93.7 Å². The van der Waals surface area contributed by atoms with Crippen LogP contribution < -0.4 is 0 Å². The van der Waals surface area contributed by atoms with E-state index in [4.69, 9.17) is 4.74 Å². The smallest absolute Gasteiger partial charge is 0.337 e. The van der Waals surface area contributed by atoms with Gasteiger partial charge in [0.1, 0.15) is 0 Å². The minimum absolute atomic E-state index is 0.144. The number of ether oxygens (including phenoxy) is 1. The lowest BCUT2D eigenvalue weighted by molar-refractivity contribution is 0.0599. The Morgan fingerprint density at radius 3 is 2.39 bits per heavy atom. The molecule has 0 bridgehead atoms. The normalized spacial score (nSPS) is 16.0. The fourth-order valence-electron chi connectivity index (χ4n) is 3.22. The Balaban J connectivity index is 1.68. The van der Waals surface area contributed by atoms with Crippen molar-refractivity contribution in [2.45, 2.75) is 12.5 Å². The molecule has 3 aromatic rings. The molecule has 0 aliphatic carbocycles. The van der Waals surface area contributed by atoms with Crippen LogP contribution in [0.4, 0.5) is 0 Å². The number of methoxy groups -OCH3 is 1. The Morgan fingerprint density at radius 1 is 1.00 bits per heavy atom. The molecule has 1 aliphatic heterocycles. The van der Waals surface area contributed by atoms with Crippen molar-refractivity contribution in [1.29, 1.82) is 0 Å². The van der Waals surface area contributed by atoms with Crippen molar-refractivity contribution < 1.29 is 14.3 Å². The summed E-state index contributed by atoms with van der Waals surface area (Å²) in [5.74, 6) is -0.528. The summed E-state index contributed by atoms with van der Waals surface area (Å²) >= 11 is 1.61. The summed E-state index contributed by atoms with van der Waals surface area (Å²) in [6.07, 6.45) is 0.622. The molecule has 5 nitrogen and oxygen atoms in total. The highest BCUT2D eigenvalue weighted by atomic mass is 32.1. The number of amides is 1. The number of esters is 1. The second kappa shape index (κ2) is 7.78. The van der Waals surface area contributed by atoms with Crippen LogP contribution in [-0.4, -0.2) is 29.7 Å². The van der Waals surface area contributed by atoms with Crippen molar-refractivity contribution >= 4 is 28.9 Å². The van der Waals surface area contributed by atoms with Crippen LogP contribution in [0.3, 0.4) is 0 Å². The third kappa shape index (κ3) is 3.46. The molecule has 1 atom stereocenters. The van der Waals surface area contributed by atoms with Crippen molar-refractivity contribution in [3.63, 3.8) is 0 Å². The van der Waals surface area contributed by atoms with Crippen LogP contribution in [0.25, 0.3) is 0 Å². The second-order valence-electron chi connectivity index (χ2n) is 6.37.